The molecule has 0 aliphatic heterocycles. The van der Waals surface area contributed by atoms with Crippen LogP contribution in [-0.2, 0) is 9.53 Å². The van der Waals surface area contributed by atoms with Gasteiger partial charge in [-0.3, -0.25) is 4.79 Å². The number of benzene rings is 1. The predicted octanol–water partition coefficient (Wildman–Crippen LogP) is -0.343. The molecular formula is C10H11BO4. The van der Waals surface area contributed by atoms with Gasteiger partial charge in [-0.05, 0) is 17.6 Å². The normalized spacial score (nSPS) is 9.47. The van der Waals surface area contributed by atoms with Crippen LogP contribution in [0.3, 0.4) is 0 Å². The Kier molecular flexibility index (Phi) is 3.49. The van der Waals surface area contributed by atoms with E-state index >= 15 is 0 Å². The molecule has 0 aliphatic carbocycles. The van der Waals surface area contributed by atoms with Gasteiger partial charge in [0.2, 0.25) is 0 Å². The number of hydrogen-bond acceptors (Lipinski definition) is 4. The molecule has 0 bridgehead atoms. The maximum atomic E-state index is 11.2. The summed E-state index contributed by atoms with van der Waals surface area (Å²) >= 11 is 0. The highest BCUT2D eigenvalue weighted by Crippen LogP contribution is 2.09. The summed E-state index contributed by atoms with van der Waals surface area (Å²) in [6.45, 7) is 1.33. The highest BCUT2D eigenvalue weighted by atomic mass is 16.5. The molecule has 0 unspecified atom stereocenters. The zero-order valence-electron chi connectivity index (χ0n) is 8.87. The Bertz CT molecular complexity index is 400. The van der Waals surface area contributed by atoms with Gasteiger partial charge in [0, 0.05) is 6.92 Å². The van der Waals surface area contributed by atoms with Gasteiger partial charge >= 0.3 is 11.9 Å². The fourth-order valence-electron chi connectivity index (χ4n) is 1.16. The van der Waals surface area contributed by atoms with Crippen LogP contribution in [0.25, 0.3) is 0 Å². The molecule has 0 atom stereocenters. The van der Waals surface area contributed by atoms with E-state index in [9.17, 15) is 9.59 Å². The van der Waals surface area contributed by atoms with E-state index in [-0.39, 0.29) is 5.97 Å². The SMILES string of the molecule is Bc1cc(C(=O)OC)ccc1OC(C)=O. The monoisotopic (exact) mass is 206 g/mol. The van der Waals surface area contributed by atoms with E-state index in [1.54, 1.807) is 26.0 Å². The molecule has 0 amide bonds. The minimum absolute atomic E-state index is 0.385. The van der Waals surface area contributed by atoms with Crippen LogP contribution in [-0.4, -0.2) is 26.9 Å². The molecule has 0 radical (unpaired) electrons. The average molecular weight is 206 g/mol. The average Bonchev–Trinajstić information content (AvgIpc) is 2.19. The minimum atomic E-state index is -0.410. The van der Waals surface area contributed by atoms with E-state index in [1.165, 1.54) is 14.0 Å². The van der Waals surface area contributed by atoms with Crippen LogP contribution < -0.4 is 10.2 Å². The molecule has 0 aliphatic rings. The van der Waals surface area contributed by atoms with Crippen molar-refractivity contribution in [3.8, 4) is 5.75 Å². The van der Waals surface area contributed by atoms with Crippen molar-refractivity contribution in [2.45, 2.75) is 6.92 Å². The maximum Gasteiger partial charge on any atom is 0.337 e. The van der Waals surface area contributed by atoms with E-state index in [4.69, 9.17) is 4.74 Å². The lowest BCUT2D eigenvalue weighted by Gasteiger charge is -2.06. The number of methoxy groups -OCH3 is 1. The van der Waals surface area contributed by atoms with Gasteiger partial charge in [-0.15, -0.1) is 0 Å². The highest BCUT2D eigenvalue weighted by molar-refractivity contribution is 6.34. The quantitative estimate of drug-likeness (QED) is 0.377. The number of carbonyl (C=O) groups excluding carboxylic acids is 2. The molecule has 1 aromatic rings. The third-order valence-electron chi connectivity index (χ3n) is 1.85. The van der Waals surface area contributed by atoms with Gasteiger partial charge in [-0.2, -0.15) is 0 Å². The van der Waals surface area contributed by atoms with Crippen molar-refractivity contribution in [1.29, 1.82) is 0 Å². The third-order valence-corrected chi connectivity index (χ3v) is 1.85. The standard InChI is InChI=1S/C10H11BO4/c1-6(12)15-9-4-3-7(5-8(9)11)10(13)14-2/h3-5H,11H2,1-2H3. The summed E-state index contributed by atoms with van der Waals surface area (Å²) in [4.78, 5) is 21.9. The van der Waals surface area contributed by atoms with Gasteiger partial charge < -0.3 is 9.47 Å². The molecule has 5 heteroatoms. The molecule has 0 heterocycles. The van der Waals surface area contributed by atoms with E-state index < -0.39 is 5.97 Å². The Labute approximate surface area is 88.6 Å². The van der Waals surface area contributed by atoms with Crippen molar-refractivity contribution in [2.24, 2.45) is 0 Å². The largest absolute Gasteiger partial charge is 0.465 e. The number of ether oxygens (including phenoxy) is 2. The zero-order valence-corrected chi connectivity index (χ0v) is 8.87. The Morgan fingerprint density at radius 3 is 2.47 bits per heavy atom. The lowest BCUT2D eigenvalue weighted by Crippen LogP contribution is -2.15. The molecule has 1 aromatic carbocycles. The fourth-order valence-corrected chi connectivity index (χ4v) is 1.16. The second-order valence-corrected chi connectivity index (χ2v) is 3.07. The van der Waals surface area contributed by atoms with Gasteiger partial charge in [0.25, 0.3) is 0 Å². The smallest absolute Gasteiger partial charge is 0.337 e. The van der Waals surface area contributed by atoms with Crippen LogP contribution in [0.1, 0.15) is 17.3 Å². The first-order valence-electron chi connectivity index (χ1n) is 4.42. The molecule has 0 fully saturated rings. The molecule has 15 heavy (non-hydrogen) atoms. The summed E-state index contributed by atoms with van der Waals surface area (Å²) in [5, 5.41) is 0. The molecule has 78 valence electrons. The minimum Gasteiger partial charge on any atom is -0.465 e. The van der Waals surface area contributed by atoms with Gasteiger partial charge in [-0.25, -0.2) is 4.79 Å². The molecule has 0 N–H and O–H groups in total. The van der Waals surface area contributed by atoms with Gasteiger partial charge in [-0.1, -0.05) is 6.07 Å². The lowest BCUT2D eigenvalue weighted by atomic mass is 9.93. The van der Waals surface area contributed by atoms with Gasteiger partial charge in [0.15, 0.2) is 0 Å². The van der Waals surface area contributed by atoms with Gasteiger partial charge in [0.1, 0.15) is 13.6 Å². The first-order chi connectivity index (χ1) is 7.04. The summed E-state index contributed by atoms with van der Waals surface area (Å²) in [7, 11) is 3.07. The number of carbonyl (C=O) groups is 2. The topological polar surface area (TPSA) is 52.6 Å². The summed E-state index contributed by atoms with van der Waals surface area (Å²) < 4.78 is 9.49. The summed E-state index contributed by atoms with van der Waals surface area (Å²) in [5.74, 6) is -0.341. The number of rotatable bonds is 2. The van der Waals surface area contributed by atoms with E-state index in [1.807, 2.05) is 0 Å². The predicted molar refractivity (Wildman–Crippen MR) is 57.3 cm³/mol. The highest BCUT2D eigenvalue weighted by Gasteiger charge is 2.08. The van der Waals surface area contributed by atoms with Crippen LogP contribution >= 0.6 is 0 Å². The van der Waals surface area contributed by atoms with Crippen molar-refractivity contribution in [1.82, 2.24) is 0 Å². The Morgan fingerprint density at radius 2 is 2.00 bits per heavy atom. The van der Waals surface area contributed by atoms with E-state index in [2.05, 4.69) is 4.74 Å². The Hall–Kier alpha value is -1.78. The summed E-state index contributed by atoms with van der Waals surface area (Å²) in [5.41, 5.74) is 1.15. The van der Waals surface area contributed by atoms with Gasteiger partial charge in [0.05, 0.1) is 12.7 Å². The van der Waals surface area contributed by atoms with Crippen LogP contribution in [0.5, 0.6) is 5.75 Å². The summed E-state index contributed by atoms with van der Waals surface area (Å²) in [6, 6.07) is 4.74. The van der Waals surface area contributed by atoms with E-state index in [0.29, 0.717) is 16.8 Å². The second-order valence-electron chi connectivity index (χ2n) is 3.07. The molecule has 0 spiro atoms. The molecule has 1 rings (SSSR count). The van der Waals surface area contributed by atoms with Crippen molar-refractivity contribution in [3.63, 3.8) is 0 Å². The number of esters is 2. The second kappa shape index (κ2) is 4.64. The molecule has 0 aromatic heterocycles. The lowest BCUT2D eigenvalue weighted by molar-refractivity contribution is -0.131. The van der Waals surface area contributed by atoms with E-state index in [0.717, 1.165) is 0 Å². The van der Waals surface area contributed by atoms with Crippen LogP contribution in [0, 0.1) is 0 Å². The van der Waals surface area contributed by atoms with Crippen molar-refractivity contribution >= 4 is 25.2 Å². The fraction of sp³-hybridized carbons (Fsp3) is 0.200. The van der Waals surface area contributed by atoms with Crippen LogP contribution in [0.4, 0.5) is 0 Å². The number of hydrogen-bond donors (Lipinski definition) is 0. The van der Waals surface area contributed by atoms with Crippen molar-refractivity contribution < 1.29 is 19.1 Å². The Morgan fingerprint density at radius 1 is 1.33 bits per heavy atom. The van der Waals surface area contributed by atoms with Crippen molar-refractivity contribution in [3.05, 3.63) is 23.8 Å². The first-order valence-corrected chi connectivity index (χ1v) is 4.42. The van der Waals surface area contributed by atoms with Crippen molar-refractivity contribution in [2.75, 3.05) is 7.11 Å². The molecule has 4 nitrogen and oxygen atoms in total. The van der Waals surface area contributed by atoms with Crippen LogP contribution in [0.2, 0.25) is 0 Å². The molecular weight excluding hydrogens is 195 g/mol. The van der Waals surface area contributed by atoms with Crippen LogP contribution in [0.15, 0.2) is 18.2 Å². The summed E-state index contributed by atoms with van der Waals surface area (Å²) in [6.07, 6.45) is 0. The maximum absolute atomic E-state index is 11.2. The molecule has 0 saturated carbocycles. The Balaban J connectivity index is 2.97. The molecule has 0 saturated heterocycles. The first kappa shape index (κ1) is 11.3. The third kappa shape index (κ3) is 2.84. The zero-order chi connectivity index (χ0) is 11.4.